The highest BCUT2D eigenvalue weighted by Crippen LogP contribution is 2.07. The number of aliphatic hydroxyl groups is 1. The molecule has 0 unspecified atom stereocenters. The molecule has 0 saturated heterocycles. The highest BCUT2D eigenvalue weighted by molar-refractivity contribution is 5.49. The predicted octanol–water partition coefficient (Wildman–Crippen LogP) is 2.94. The van der Waals surface area contributed by atoms with Gasteiger partial charge in [-0.2, -0.15) is 0 Å². The average molecular weight is 217 g/mol. The van der Waals surface area contributed by atoms with Gasteiger partial charge in [0.2, 0.25) is 0 Å². The molecular formula is C12H15N3O. The van der Waals surface area contributed by atoms with E-state index in [0.29, 0.717) is 13.0 Å². The van der Waals surface area contributed by atoms with Crippen LogP contribution in [0.4, 0.5) is 0 Å². The Kier molecular flexibility index (Phi) is 5.78. The maximum absolute atomic E-state index is 8.76. The van der Waals surface area contributed by atoms with Gasteiger partial charge in [0, 0.05) is 18.1 Å². The Hall–Kier alpha value is -1.77. The van der Waals surface area contributed by atoms with Crippen molar-refractivity contribution in [2.75, 3.05) is 13.2 Å². The fourth-order valence-electron chi connectivity index (χ4n) is 1.32. The van der Waals surface area contributed by atoms with E-state index in [1.54, 1.807) is 0 Å². The number of aliphatic hydroxyl groups excluding tert-OH is 1. The molecule has 0 radical (unpaired) electrons. The number of rotatable bonds is 6. The molecule has 84 valence electrons. The van der Waals surface area contributed by atoms with Gasteiger partial charge in [-0.05, 0) is 29.5 Å². The van der Waals surface area contributed by atoms with E-state index in [2.05, 4.69) is 10.0 Å². The van der Waals surface area contributed by atoms with Crippen LogP contribution in [0.15, 0.2) is 35.5 Å². The highest BCUT2D eigenvalue weighted by Gasteiger charge is 1.91. The van der Waals surface area contributed by atoms with Gasteiger partial charge in [0.05, 0.1) is 0 Å². The van der Waals surface area contributed by atoms with Crippen LogP contribution < -0.4 is 0 Å². The Morgan fingerprint density at radius 2 is 2.06 bits per heavy atom. The summed E-state index contributed by atoms with van der Waals surface area (Å²) in [7, 11) is 0. The van der Waals surface area contributed by atoms with E-state index in [-0.39, 0.29) is 6.61 Å². The lowest BCUT2D eigenvalue weighted by Gasteiger charge is -1.98. The Bertz CT molecular complexity index is 378. The molecule has 0 aliphatic carbocycles. The third-order valence-electron chi connectivity index (χ3n) is 2.15. The third kappa shape index (κ3) is 4.64. The van der Waals surface area contributed by atoms with Gasteiger partial charge in [0.15, 0.2) is 0 Å². The lowest BCUT2D eigenvalue weighted by Crippen LogP contribution is -1.89. The van der Waals surface area contributed by atoms with E-state index in [0.717, 1.165) is 17.5 Å². The van der Waals surface area contributed by atoms with Crippen LogP contribution in [-0.4, -0.2) is 18.3 Å². The first-order valence-corrected chi connectivity index (χ1v) is 5.24. The van der Waals surface area contributed by atoms with Gasteiger partial charge in [-0.1, -0.05) is 41.5 Å². The molecule has 0 bridgehead atoms. The number of benzene rings is 1. The molecule has 1 N–H and O–H groups in total. The normalized spacial score (nSPS) is 10.3. The van der Waals surface area contributed by atoms with Crippen molar-refractivity contribution < 1.29 is 5.11 Å². The lowest BCUT2D eigenvalue weighted by atomic mass is 10.1. The minimum absolute atomic E-state index is 0.182. The zero-order chi connectivity index (χ0) is 11.6. The molecule has 16 heavy (non-hydrogen) atoms. The van der Waals surface area contributed by atoms with E-state index in [9.17, 15) is 0 Å². The molecule has 0 atom stereocenters. The first-order valence-electron chi connectivity index (χ1n) is 5.24. The van der Waals surface area contributed by atoms with Crippen LogP contribution in [0.25, 0.3) is 16.5 Å². The molecule has 0 aliphatic rings. The van der Waals surface area contributed by atoms with Crippen LogP contribution in [0.5, 0.6) is 0 Å². The molecule has 0 aliphatic heterocycles. The average Bonchev–Trinajstić information content (AvgIpc) is 2.31. The smallest absolute Gasteiger partial charge is 0.0471 e. The molecule has 0 heterocycles. The first-order chi connectivity index (χ1) is 7.86. The SMILES string of the molecule is [N-]=[N+]=NCCC=Cc1ccc(CCO)cc1. The third-order valence-corrected chi connectivity index (χ3v) is 2.15. The van der Waals surface area contributed by atoms with Gasteiger partial charge >= 0.3 is 0 Å². The highest BCUT2D eigenvalue weighted by atomic mass is 16.2. The van der Waals surface area contributed by atoms with Crippen molar-refractivity contribution in [3.8, 4) is 0 Å². The second kappa shape index (κ2) is 7.51. The van der Waals surface area contributed by atoms with Crippen molar-refractivity contribution in [1.82, 2.24) is 0 Å². The summed E-state index contributed by atoms with van der Waals surface area (Å²) >= 11 is 0. The van der Waals surface area contributed by atoms with Crippen molar-refractivity contribution >= 4 is 6.08 Å². The van der Waals surface area contributed by atoms with E-state index in [1.165, 1.54) is 0 Å². The molecule has 1 aromatic rings. The Labute approximate surface area is 94.9 Å². The van der Waals surface area contributed by atoms with Gasteiger partial charge < -0.3 is 5.11 Å². The second-order valence-electron chi connectivity index (χ2n) is 3.36. The topological polar surface area (TPSA) is 69.0 Å². The monoisotopic (exact) mass is 217 g/mol. The van der Waals surface area contributed by atoms with Gasteiger partial charge in [-0.3, -0.25) is 0 Å². The molecule has 0 aromatic heterocycles. The second-order valence-corrected chi connectivity index (χ2v) is 3.36. The summed E-state index contributed by atoms with van der Waals surface area (Å²) in [4.78, 5) is 2.68. The van der Waals surface area contributed by atoms with Gasteiger partial charge in [0.25, 0.3) is 0 Å². The summed E-state index contributed by atoms with van der Waals surface area (Å²) < 4.78 is 0. The van der Waals surface area contributed by atoms with Crippen LogP contribution in [0.1, 0.15) is 17.5 Å². The summed E-state index contributed by atoms with van der Waals surface area (Å²) in [6.07, 6.45) is 5.43. The van der Waals surface area contributed by atoms with E-state index >= 15 is 0 Å². The summed E-state index contributed by atoms with van der Waals surface area (Å²) in [6, 6.07) is 8.02. The van der Waals surface area contributed by atoms with Gasteiger partial charge in [-0.15, -0.1) is 0 Å². The maximum Gasteiger partial charge on any atom is 0.0471 e. The Morgan fingerprint density at radius 3 is 2.69 bits per heavy atom. The molecule has 1 rings (SSSR count). The van der Waals surface area contributed by atoms with Crippen LogP contribution >= 0.6 is 0 Å². The molecule has 4 nitrogen and oxygen atoms in total. The Balaban J connectivity index is 2.44. The predicted molar refractivity (Wildman–Crippen MR) is 64.9 cm³/mol. The first kappa shape index (κ1) is 12.3. The van der Waals surface area contributed by atoms with Crippen LogP contribution in [0, 0.1) is 0 Å². The fourth-order valence-corrected chi connectivity index (χ4v) is 1.32. The quantitative estimate of drug-likeness (QED) is 0.338. The van der Waals surface area contributed by atoms with E-state index in [4.69, 9.17) is 10.6 Å². The fraction of sp³-hybridized carbons (Fsp3) is 0.333. The molecule has 0 fully saturated rings. The number of hydrogen-bond donors (Lipinski definition) is 1. The maximum atomic E-state index is 8.76. The van der Waals surface area contributed by atoms with Crippen molar-refractivity contribution in [1.29, 1.82) is 0 Å². The molecule has 0 saturated carbocycles. The van der Waals surface area contributed by atoms with Gasteiger partial charge in [-0.25, -0.2) is 0 Å². The molecule has 1 aromatic carbocycles. The van der Waals surface area contributed by atoms with E-state index in [1.807, 2.05) is 36.4 Å². The van der Waals surface area contributed by atoms with Crippen LogP contribution in [0.2, 0.25) is 0 Å². The summed E-state index contributed by atoms with van der Waals surface area (Å²) in [5.74, 6) is 0. The molecule has 0 spiro atoms. The van der Waals surface area contributed by atoms with Crippen molar-refractivity contribution in [3.05, 3.63) is 51.9 Å². The van der Waals surface area contributed by atoms with Crippen LogP contribution in [-0.2, 0) is 6.42 Å². The van der Waals surface area contributed by atoms with Crippen LogP contribution in [0.3, 0.4) is 0 Å². The van der Waals surface area contributed by atoms with Gasteiger partial charge in [0.1, 0.15) is 0 Å². The molecule has 4 heteroatoms. The minimum Gasteiger partial charge on any atom is -0.396 e. The van der Waals surface area contributed by atoms with E-state index < -0.39 is 0 Å². The largest absolute Gasteiger partial charge is 0.396 e. The summed E-state index contributed by atoms with van der Waals surface area (Å²) in [5, 5.41) is 12.2. The summed E-state index contributed by atoms with van der Waals surface area (Å²) in [5.41, 5.74) is 10.3. The lowest BCUT2D eigenvalue weighted by molar-refractivity contribution is 0.299. The molecule has 0 amide bonds. The summed E-state index contributed by atoms with van der Waals surface area (Å²) in [6.45, 7) is 0.678. The van der Waals surface area contributed by atoms with Crippen molar-refractivity contribution in [2.45, 2.75) is 12.8 Å². The number of hydrogen-bond acceptors (Lipinski definition) is 2. The number of nitrogens with zero attached hydrogens (tertiary/aromatic N) is 3. The standard InChI is InChI=1S/C12H15N3O/c13-15-14-9-2-1-3-11-4-6-12(7-5-11)8-10-16/h1,3-7,16H,2,8-10H2. The van der Waals surface area contributed by atoms with Crippen molar-refractivity contribution in [3.63, 3.8) is 0 Å². The molecular weight excluding hydrogens is 202 g/mol. The Morgan fingerprint density at radius 1 is 1.31 bits per heavy atom. The zero-order valence-electron chi connectivity index (χ0n) is 9.08. The number of azide groups is 1. The minimum atomic E-state index is 0.182. The van der Waals surface area contributed by atoms with Crippen molar-refractivity contribution in [2.24, 2.45) is 5.11 Å². The zero-order valence-corrected chi connectivity index (χ0v) is 9.08.